The van der Waals surface area contributed by atoms with Gasteiger partial charge in [-0.3, -0.25) is 0 Å². The average molecular weight is 743 g/mol. The number of fused-ring (bicyclic) bond motifs is 1. The van der Waals surface area contributed by atoms with Crippen molar-refractivity contribution in [1.82, 2.24) is 0 Å². The van der Waals surface area contributed by atoms with Crippen molar-refractivity contribution >= 4 is 23.7 Å². The van der Waals surface area contributed by atoms with Crippen LogP contribution in [0.2, 0.25) is 0 Å². The summed E-state index contributed by atoms with van der Waals surface area (Å²) < 4.78 is 0. The molecular weight excluding hydrogens is 689 g/mol. The molecule has 284 valence electrons. The van der Waals surface area contributed by atoms with Crippen LogP contribution in [0.5, 0.6) is 5.75 Å². The topological polar surface area (TPSA) is 156 Å². The van der Waals surface area contributed by atoms with Crippen molar-refractivity contribution in [3.05, 3.63) is 132 Å². The van der Waals surface area contributed by atoms with Crippen molar-refractivity contribution in [1.29, 1.82) is 0 Å². The van der Waals surface area contributed by atoms with Crippen molar-refractivity contribution < 1.29 is 40.2 Å². The number of carboxylic acids is 2. The van der Waals surface area contributed by atoms with Gasteiger partial charge < -0.3 is 30.6 Å². The molecule has 2 aliphatic rings. The SMILES string of the molecule is CC1=C[C@@H]2[C@@H]([C@@H]([C@@H](Sc3ccccc3C(=O)O)c3ccc(O)cc3)[C@H]1\C=C/C=C/C=C\[C@@H](O)[C@H](C)[C@H](O)C/C=C(C)/C=C/C(=O)O)C(C)(C)C[C@@]2(C)O. The van der Waals surface area contributed by atoms with E-state index in [2.05, 4.69) is 32.9 Å². The van der Waals surface area contributed by atoms with E-state index in [4.69, 9.17) is 5.11 Å². The molecule has 2 aromatic rings. The van der Waals surface area contributed by atoms with Gasteiger partial charge in [0.2, 0.25) is 0 Å². The number of carboxylic acid groups (broad SMARTS) is 2. The molecule has 0 heterocycles. The summed E-state index contributed by atoms with van der Waals surface area (Å²) in [6.07, 6.45) is 16.8. The zero-order valence-electron chi connectivity index (χ0n) is 31.3. The monoisotopic (exact) mass is 742 g/mol. The number of allylic oxidation sites excluding steroid dienone is 8. The van der Waals surface area contributed by atoms with E-state index in [-0.39, 0.29) is 52.1 Å². The van der Waals surface area contributed by atoms with Gasteiger partial charge in [0.1, 0.15) is 5.75 Å². The van der Waals surface area contributed by atoms with E-state index in [0.29, 0.717) is 16.9 Å². The van der Waals surface area contributed by atoms with Gasteiger partial charge in [0.15, 0.2) is 0 Å². The molecule has 0 radical (unpaired) electrons. The molecule has 1 saturated carbocycles. The number of aliphatic carboxylic acids is 1. The smallest absolute Gasteiger partial charge is 0.336 e. The van der Waals surface area contributed by atoms with Crippen LogP contribution in [0.1, 0.15) is 75.6 Å². The largest absolute Gasteiger partial charge is 0.508 e. The van der Waals surface area contributed by atoms with Crippen LogP contribution in [0.4, 0.5) is 0 Å². The van der Waals surface area contributed by atoms with Gasteiger partial charge in [-0.25, -0.2) is 9.59 Å². The molecule has 53 heavy (non-hydrogen) atoms. The summed E-state index contributed by atoms with van der Waals surface area (Å²) in [6.45, 7) is 11.9. The average Bonchev–Trinajstić information content (AvgIpc) is 3.28. The fourth-order valence-electron chi connectivity index (χ4n) is 8.25. The molecule has 0 aromatic heterocycles. The lowest BCUT2D eigenvalue weighted by Gasteiger charge is -2.48. The van der Waals surface area contributed by atoms with Gasteiger partial charge in [-0.05, 0) is 80.7 Å². The van der Waals surface area contributed by atoms with E-state index in [1.807, 2.05) is 49.4 Å². The Morgan fingerprint density at radius 2 is 1.62 bits per heavy atom. The van der Waals surface area contributed by atoms with Crippen LogP contribution in [0.25, 0.3) is 0 Å². The first-order valence-corrected chi connectivity index (χ1v) is 18.9. The highest BCUT2D eigenvalue weighted by atomic mass is 32.2. The molecule has 9 atom stereocenters. The molecule has 4 rings (SSSR count). The molecule has 0 bridgehead atoms. The third-order valence-electron chi connectivity index (χ3n) is 10.8. The fraction of sp³-hybridized carbons (Fsp3) is 0.409. The number of carbonyl (C=O) groups is 2. The lowest BCUT2D eigenvalue weighted by atomic mass is 9.60. The maximum Gasteiger partial charge on any atom is 0.336 e. The van der Waals surface area contributed by atoms with Crippen molar-refractivity contribution in [3.63, 3.8) is 0 Å². The number of aliphatic hydroxyl groups is 3. The van der Waals surface area contributed by atoms with Crippen LogP contribution in [-0.4, -0.2) is 60.4 Å². The Morgan fingerprint density at radius 1 is 0.962 bits per heavy atom. The number of hydrogen-bond donors (Lipinski definition) is 6. The van der Waals surface area contributed by atoms with Crippen LogP contribution in [0.3, 0.4) is 0 Å². The van der Waals surface area contributed by atoms with E-state index >= 15 is 0 Å². The maximum atomic E-state index is 12.3. The summed E-state index contributed by atoms with van der Waals surface area (Å²) in [6, 6.07) is 14.2. The number of rotatable bonds is 15. The lowest BCUT2D eigenvalue weighted by Crippen LogP contribution is -2.42. The van der Waals surface area contributed by atoms with E-state index in [9.17, 15) is 35.1 Å². The minimum absolute atomic E-state index is 0.0397. The number of aromatic carboxylic acids is 1. The zero-order valence-corrected chi connectivity index (χ0v) is 32.1. The minimum Gasteiger partial charge on any atom is -0.508 e. The standard InChI is InChI=1S/C44H54O8S/c1-27(18-24-38(48)49)17-23-36(47)29(3)35(46)15-10-8-7-9-13-32-28(2)25-34-40(43(4,5)26-44(34,6)52)39(32)41(30-19-21-31(45)22-20-30)53-37-16-12-11-14-33(37)42(50)51/h7-22,24-25,29,32,34-36,39-41,45-47,52H,23,26H2,1-6H3,(H,48,49)(H,50,51)/b8-7+,13-9-,15-10-,24-18+,27-17+/t29-,32-,34+,35+,36+,39-,40-,41-,44+/m0/s1. The van der Waals surface area contributed by atoms with Gasteiger partial charge in [0.05, 0.1) is 23.4 Å². The molecule has 8 nitrogen and oxygen atoms in total. The van der Waals surface area contributed by atoms with E-state index in [1.165, 1.54) is 17.8 Å². The van der Waals surface area contributed by atoms with E-state index in [1.54, 1.807) is 56.3 Å². The highest BCUT2D eigenvalue weighted by molar-refractivity contribution is 7.99. The number of thioether (sulfide) groups is 1. The summed E-state index contributed by atoms with van der Waals surface area (Å²) in [5, 5.41) is 61.9. The first-order chi connectivity index (χ1) is 24.9. The van der Waals surface area contributed by atoms with E-state index < -0.39 is 35.7 Å². The Kier molecular flexibility index (Phi) is 14.0. The van der Waals surface area contributed by atoms with Crippen LogP contribution in [0, 0.1) is 35.0 Å². The Labute approximate surface area is 317 Å². The molecular formula is C44H54O8S. The maximum absolute atomic E-state index is 12.3. The van der Waals surface area contributed by atoms with Crippen LogP contribution in [-0.2, 0) is 4.79 Å². The number of phenolic OH excluding ortho intramolecular Hbond substituents is 1. The summed E-state index contributed by atoms with van der Waals surface area (Å²) in [7, 11) is 0. The fourth-order valence-corrected chi connectivity index (χ4v) is 9.76. The number of aromatic hydroxyl groups is 1. The first-order valence-electron chi connectivity index (χ1n) is 18.1. The van der Waals surface area contributed by atoms with Gasteiger partial charge in [0, 0.05) is 34.0 Å². The predicted molar refractivity (Wildman–Crippen MR) is 211 cm³/mol. The summed E-state index contributed by atoms with van der Waals surface area (Å²) in [5.41, 5.74) is 1.84. The van der Waals surface area contributed by atoms with Crippen molar-refractivity contribution in [2.75, 3.05) is 0 Å². The Bertz CT molecular complexity index is 1780. The molecule has 0 saturated heterocycles. The van der Waals surface area contributed by atoms with Gasteiger partial charge in [-0.15, -0.1) is 11.8 Å². The molecule has 0 unspecified atom stereocenters. The van der Waals surface area contributed by atoms with Crippen molar-refractivity contribution in [2.24, 2.45) is 35.0 Å². The highest BCUT2D eigenvalue weighted by Gasteiger charge is 2.59. The van der Waals surface area contributed by atoms with Gasteiger partial charge in [-0.1, -0.05) is 111 Å². The lowest BCUT2D eigenvalue weighted by molar-refractivity contribution is -0.131. The second kappa shape index (κ2) is 17.8. The van der Waals surface area contributed by atoms with Gasteiger partial charge in [0.25, 0.3) is 0 Å². The Hall–Kier alpha value is -4.15. The molecule has 2 aromatic carbocycles. The Morgan fingerprint density at radius 3 is 2.28 bits per heavy atom. The van der Waals surface area contributed by atoms with Gasteiger partial charge >= 0.3 is 11.9 Å². The van der Waals surface area contributed by atoms with Gasteiger partial charge in [-0.2, -0.15) is 0 Å². The summed E-state index contributed by atoms with van der Waals surface area (Å²) >= 11 is 1.52. The number of benzene rings is 2. The van der Waals surface area contributed by atoms with Crippen molar-refractivity contribution in [2.45, 2.75) is 82.3 Å². The predicted octanol–water partition coefficient (Wildman–Crippen LogP) is 8.53. The number of hydrogen-bond acceptors (Lipinski definition) is 7. The molecule has 0 spiro atoms. The quantitative estimate of drug-likeness (QED) is 0.0456. The minimum atomic E-state index is -1.04. The molecule has 0 amide bonds. The molecule has 2 aliphatic carbocycles. The molecule has 1 fully saturated rings. The number of aliphatic hydroxyl groups excluding tert-OH is 2. The van der Waals surface area contributed by atoms with Crippen LogP contribution < -0.4 is 0 Å². The molecule has 6 N–H and O–H groups in total. The third-order valence-corrected chi connectivity index (χ3v) is 12.3. The second-order valence-corrected chi connectivity index (χ2v) is 16.6. The van der Waals surface area contributed by atoms with Crippen LogP contribution in [0.15, 0.2) is 125 Å². The molecule has 0 aliphatic heterocycles. The highest BCUT2D eigenvalue weighted by Crippen LogP contribution is 2.64. The van der Waals surface area contributed by atoms with Crippen LogP contribution >= 0.6 is 11.8 Å². The zero-order chi connectivity index (χ0) is 39.1. The van der Waals surface area contributed by atoms with Crippen molar-refractivity contribution in [3.8, 4) is 5.75 Å². The number of phenols is 1. The second-order valence-electron chi connectivity index (χ2n) is 15.4. The molecule has 9 heteroatoms. The Balaban J connectivity index is 1.64. The normalized spacial score (nSPS) is 26.9. The third kappa shape index (κ3) is 10.5. The first kappa shape index (κ1) is 41.6. The summed E-state index contributed by atoms with van der Waals surface area (Å²) in [4.78, 5) is 23.7. The summed E-state index contributed by atoms with van der Waals surface area (Å²) in [5.74, 6) is -2.56. The van der Waals surface area contributed by atoms with E-state index in [0.717, 1.165) is 17.2 Å².